The number of rotatable bonds is 5. The second kappa shape index (κ2) is 8.31. The molecule has 0 spiro atoms. The molecular weight excluding hydrogens is 426 g/mol. The summed E-state index contributed by atoms with van der Waals surface area (Å²) >= 11 is 3.46. The fourth-order valence-electron chi connectivity index (χ4n) is 3.44. The Balaban J connectivity index is 1.72. The summed E-state index contributed by atoms with van der Waals surface area (Å²) in [5.74, 6) is 0. The van der Waals surface area contributed by atoms with Gasteiger partial charge < -0.3 is 0 Å². The van der Waals surface area contributed by atoms with Crippen LogP contribution in [0, 0.1) is 6.92 Å². The molecule has 0 saturated carbocycles. The SMILES string of the molecule is Cc1ccc(-c2nn(CN(C)Cc3ccc(Br)cc3)c(=O)c3ccccc23)cc1. The largest absolute Gasteiger partial charge is 0.283 e. The summed E-state index contributed by atoms with van der Waals surface area (Å²) in [5.41, 5.74) is 4.15. The van der Waals surface area contributed by atoms with Crippen molar-refractivity contribution in [1.82, 2.24) is 14.7 Å². The fourth-order valence-corrected chi connectivity index (χ4v) is 3.70. The molecule has 4 aromatic rings. The number of aromatic nitrogens is 2. The minimum absolute atomic E-state index is 0.0703. The first kappa shape index (κ1) is 19.6. The van der Waals surface area contributed by atoms with Crippen molar-refractivity contribution in [3.05, 3.63) is 98.7 Å². The highest BCUT2D eigenvalue weighted by Gasteiger charge is 2.13. The maximum atomic E-state index is 13.1. The molecule has 0 N–H and O–H groups in total. The van der Waals surface area contributed by atoms with Crippen LogP contribution < -0.4 is 5.56 Å². The Labute approximate surface area is 178 Å². The van der Waals surface area contributed by atoms with Crippen LogP contribution in [0.1, 0.15) is 11.1 Å². The Morgan fingerprint density at radius 1 is 0.931 bits per heavy atom. The van der Waals surface area contributed by atoms with Gasteiger partial charge in [0.25, 0.3) is 5.56 Å². The third kappa shape index (κ3) is 4.31. The number of hydrogen-bond donors (Lipinski definition) is 0. The molecule has 1 aromatic heterocycles. The van der Waals surface area contributed by atoms with Gasteiger partial charge in [0.05, 0.1) is 17.7 Å². The van der Waals surface area contributed by atoms with Crippen molar-refractivity contribution in [1.29, 1.82) is 0 Å². The lowest BCUT2D eigenvalue weighted by Crippen LogP contribution is -2.32. The minimum Gasteiger partial charge on any atom is -0.283 e. The standard InChI is InChI=1S/C24H22BrN3O/c1-17-7-11-19(12-8-17)23-21-5-3-4-6-22(21)24(29)28(26-23)16-27(2)15-18-9-13-20(25)14-10-18/h3-14H,15-16H2,1-2H3. The zero-order chi connectivity index (χ0) is 20.4. The lowest BCUT2D eigenvalue weighted by molar-refractivity contribution is 0.241. The molecule has 146 valence electrons. The van der Waals surface area contributed by atoms with Gasteiger partial charge in [0, 0.05) is 22.0 Å². The van der Waals surface area contributed by atoms with Crippen molar-refractivity contribution >= 4 is 26.7 Å². The molecule has 29 heavy (non-hydrogen) atoms. The van der Waals surface area contributed by atoms with E-state index in [4.69, 9.17) is 5.10 Å². The lowest BCUT2D eigenvalue weighted by Gasteiger charge is -2.19. The lowest BCUT2D eigenvalue weighted by atomic mass is 10.0. The number of halogens is 1. The van der Waals surface area contributed by atoms with Gasteiger partial charge in [0.2, 0.25) is 0 Å². The molecule has 0 unspecified atom stereocenters. The van der Waals surface area contributed by atoms with Crippen LogP contribution in [0.15, 0.2) is 82.1 Å². The molecule has 4 nitrogen and oxygen atoms in total. The third-order valence-electron chi connectivity index (χ3n) is 4.93. The topological polar surface area (TPSA) is 38.1 Å². The molecule has 0 aliphatic heterocycles. The number of hydrogen-bond acceptors (Lipinski definition) is 3. The molecule has 1 heterocycles. The van der Waals surface area contributed by atoms with E-state index in [9.17, 15) is 4.79 Å². The maximum absolute atomic E-state index is 13.1. The van der Waals surface area contributed by atoms with Crippen molar-refractivity contribution in [2.75, 3.05) is 7.05 Å². The van der Waals surface area contributed by atoms with Crippen molar-refractivity contribution in [3.63, 3.8) is 0 Å². The normalized spacial score (nSPS) is 11.3. The Hall–Kier alpha value is -2.76. The van der Waals surface area contributed by atoms with Crippen LogP contribution in [-0.4, -0.2) is 21.7 Å². The van der Waals surface area contributed by atoms with Crippen LogP contribution in [0.4, 0.5) is 0 Å². The summed E-state index contributed by atoms with van der Waals surface area (Å²) in [6, 6.07) is 24.2. The monoisotopic (exact) mass is 447 g/mol. The van der Waals surface area contributed by atoms with E-state index >= 15 is 0 Å². The molecular formula is C24H22BrN3O. The highest BCUT2D eigenvalue weighted by Crippen LogP contribution is 2.25. The van der Waals surface area contributed by atoms with E-state index < -0.39 is 0 Å². The van der Waals surface area contributed by atoms with Gasteiger partial charge in [-0.3, -0.25) is 9.69 Å². The molecule has 0 atom stereocenters. The minimum atomic E-state index is -0.0703. The number of benzene rings is 3. The third-order valence-corrected chi connectivity index (χ3v) is 5.46. The Kier molecular flexibility index (Phi) is 5.60. The second-order valence-corrected chi connectivity index (χ2v) is 8.26. The van der Waals surface area contributed by atoms with Crippen LogP contribution in [0.2, 0.25) is 0 Å². The highest BCUT2D eigenvalue weighted by atomic mass is 79.9. The molecule has 5 heteroatoms. The van der Waals surface area contributed by atoms with Crippen molar-refractivity contribution in [2.24, 2.45) is 0 Å². The highest BCUT2D eigenvalue weighted by molar-refractivity contribution is 9.10. The summed E-state index contributed by atoms with van der Waals surface area (Å²) in [6.07, 6.45) is 0. The van der Waals surface area contributed by atoms with Crippen LogP contribution in [0.25, 0.3) is 22.0 Å². The van der Waals surface area contributed by atoms with E-state index in [0.717, 1.165) is 27.7 Å². The second-order valence-electron chi connectivity index (χ2n) is 7.35. The van der Waals surface area contributed by atoms with Gasteiger partial charge >= 0.3 is 0 Å². The number of fused-ring (bicyclic) bond motifs is 1. The Morgan fingerprint density at radius 2 is 1.59 bits per heavy atom. The van der Waals surface area contributed by atoms with Gasteiger partial charge in [0.1, 0.15) is 0 Å². The van der Waals surface area contributed by atoms with Gasteiger partial charge in [-0.2, -0.15) is 5.10 Å². The predicted octanol–water partition coefficient (Wildman–Crippen LogP) is 5.22. The Morgan fingerprint density at radius 3 is 2.28 bits per heavy atom. The summed E-state index contributed by atoms with van der Waals surface area (Å²) in [5, 5.41) is 6.32. The van der Waals surface area contributed by atoms with Crippen molar-refractivity contribution in [2.45, 2.75) is 20.1 Å². The molecule has 0 radical (unpaired) electrons. The van der Waals surface area contributed by atoms with E-state index in [2.05, 4.69) is 64.2 Å². The Bertz CT molecular complexity index is 1200. The average molecular weight is 448 g/mol. The van der Waals surface area contributed by atoms with Gasteiger partial charge in [-0.25, -0.2) is 4.68 Å². The smallest absolute Gasteiger partial charge is 0.275 e. The van der Waals surface area contributed by atoms with E-state index in [1.807, 2.05) is 43.4 Å². The van der Waals surface area contributed by atoms with E-state index in [1.165, 1.54) is 11.1 Å². The van der Waals surface area contributed by atoms with Crippen molar-refractivity contribution in [3.8, 4) is 11.3 Å². The molecule has 4 rings (SSSR count). The van der Waals surface area contributed by atoms with Gasteiger partial charge in [-0.05, 0) is 37.7 Å². The quantitative estimate of drug-likeness (QED) is 0.420. The molecule has 0 saturated heterocycles. The van der Waals surface area contributed by atoms with Gasteiger partial charge in [0.15, 0.2) is 0 Å². The van der Waals surface area contributed by atoms with E-state index in [-0.39, 0.29) is 5.56 Å². The first-order chi connectivity index (χ1) is 14.0. The number of nitrogens with zero attached hydrogens (tertiary/aromatic N) is 3. The first-order valence-corrected chi connectivity index (χ1v) is 10.3. The summed E-state index contributed by atoms with van der Waals surface area (Å²) in [7, 11) is 2.00. The maximum Gasteiger partial charge on any atom is 0.275 e. The molecule has 0 aliphatic carbocycles. The van der Waals surface area contributed by atoms with Gasteiger partial charge in [-0.1, -0.05) is 76.1 Å². The van der Waals surface area contributed by atoms with Crippen molar-refractivity contribution < 1.29 is 0 Å². The van der Waals surface area contributed by atoms with Crippen LogP contribution in [0.3, 0.4) is 0 Å². The molecule has 3 aromatic carbocycles. The van der Waals surface area contributed by atoms with E-state index in [1.54, 1.807) is 4.68 Å². The predicted molar refractivity (Wildman–Crippen MR) is 122 cm³/mol. The number of aryl methyl sites for hydroxylation is 1. The van der Waals surface area contributed by atoms with Crippen LogP contribution in [0.5, 0.6) is 0 Å². The molecule has 0 fully saturated rings. The van der Waals surface area contributed by atoms with E-state index in [0.29, 0.717) is 12.1 Å². The molecule has 0 bridgehead atoms. The summed E-state index contributed by atoms with van der Waals surface area (Å²) in [4.78, 5) is 15.2. The first-order valence-electron chi connectivity index (χ1n) is 9.51. The van der Waals surface area contributed by atoms with Crippen LogP contribution in [-0.2, 0) is 13.2 Å². The molecule has 0 aliphatic rings. The average Bonchev–Trinajstić information content (AvgIpc) is 2.73. The summed E-state index contributed by atoms with van der Waals surface area (Å²) in [6.45, 7) is 3.21. The zero-order valence-corrected chi connectivity index (χ0v) is 18.1. The molecule has 0 amide bonds. The fraction of sp³-hybridized carbons (Fsp3) is 0.167. The van der Waals surface area contributed by atoms with Crippen LogP contribution >= 0.6 is 15.9 Å². The van der Waals surface area contributed by atoms with Gasteiger partial charge in [-0.15, -0.1) is 0 Å². The zero-order valence-electron chi connectivity index (χ0n) is 16.5. The summed E-state index contributed by atoms with van der Waals surface area (Å²) < 4.78 is 2.62.